The molecular formula is C18H22N8O. The van der Waals surface area contributed by atoms with Crippen LogP contribution < -0.4 is 10.2 Å². The zero-order valence-electron chi connectivity index (χ0n) is 15.6. The lowest BCUT2D eigenvalue weighted by Gasteiger charge is -2.21. The Morgan fingerprint density at radius 2 is 2.04 bits per heavy atom. The van der Waals surface area contributed by atoms with Crippen LogP contribution in [0.4, 0.5) is 11.8 Å². The zero-order valence-corrected chi connectivity index (χ0v) is 15.6. The van der Waals surface area contributed by atoms with Crippen LogP contribution in [0.25, 0.3) is 5.65 Å². The Bertz CT molecular complexity index is 968. The zero-order chi connectivity index (χ0) is 19.0. The van der Waals surface area contributed by atoms with E-state index in [1.54, 1.807) is 29.9 Å². The highest BCUT2D eigenvalue weighted by Crippen LogP contribution is 2.22. The highest BCUT2D eigenvalue weighted by atomic mass is 16.2. The average Bonchev–Trinajstić information content (AvgIpc) is 3.26. The molecule has 140 valence electrons. The Hall–Kier alpha value is -3.07. The van der Waals surface area contributed by atoms with E-state index >= 15 is 0 Å². The largest absolute Gasteiger partial charge is 0.354 e. The van der Waals surface area contributed by atoms with Crippen LogP contribution in [0.1, 0.15) is 22.6 Å². The van der Waals surface area contributed by atoms with Crippen molar-refractivity contribution in [3.05, 3.63) is 42.0 Å². The average molecular weight is 366 g/mol. The number of aryl methyl sites for hydroxylation is 1. The number of nitrogens with one attached hydrogen (secondary N) is 1. The summed E-state index contributed by atoms with van der Waals surface area (Å²) in [6, 6.07) is 6.06. The maximum atomic E-state index is 12.8. The molecule has 0 bridgehead atoms. The summed E-state index contributed by atoms with van der Waals surface area (Å²) in [6.45, 7) is 3.65. The van der Waals surface area contributed by atoms with Gasteiger partial charge >= 0.3 is 0 Å². The van der Waals surface area contributed by atoms with E-state index in [9.17, 15) is 4.79 Å². The minimum atomic E-state index is -0.330. The number of hydrogen-bond donors (Lipinski definition) is 1. The molecule has 0 spiro atoms. The van der Waals surface area contributed by atoms with Gasteiger partial charge in [0.15, 0.2) is 11.3 Å². The van der Waals surface area contributed by atoms with E-state index in [2.05, 4.69) is 44.2 Å². The van der Waals surface area contributed by atoms with E-state index in [-0.39, 0.29) is 11.9 Å². The highest BCUT2D eigenvalue weighted by Gasteiger charge is 2.26. The fourth-order valence-corrected chi connectivity index (χ4v) is 3.36. The van der Waals surface area contributed by atoms with Gasteiger partial charge in [-0.25, -0.2) is 19.5 Å². The quantitative estimate of drug-likeness (QED) is 0.742. The van der Waals surface area contributed by atoms with Gasteiger partial charge in [-0.2, -0.15) is 0 Å². The van der Waals surface area contributed by atoms with E-state index in [0.29, 0.717) is 23.1 Å². The maximum Gasteiger partial charge on any atom is 0.278 e. The fraction of sp³-hybridized carbons (Fsp3) is 0.389. The number of nitrogens with zero attached hydrogens (tertiary/aromatic N) is 7. The molecule has 1 amide bonds. The molecule has 0 aromatic carbocycles. The first kappa shape index (κ1) is 17.3. The molecule has 1 fully saturated rings. The minimum Gasteiger partial charge on any atom is -0.354 e. The van der Waals surface area contributed by atoms with Gasteiger partial charge in [-0.15, -0.1) is 5.10 Å². The SMILES string of the molecule is Cc1nc2ccc(N3CCC(N(C)C)C3)nn2c1C(=O)Nc1ncccn1. The van der Waals surface area contributed by atoms with E-state index in [1.165, 1.54) is 0 Å². The second-order valence-electron chi connectivity index (χ2n) is 6.89. The van der Waals surface area contributed by atoms with Crippen LogP contribution >= 0.6 is 0 Å². The number of carbonyl (C=O) groups excluding carboxylic acids is 1. The van der Waals surface area contributed by atoms with Crippen LogP contribution in [0, 0.1) is 6.92 Å². The molecule has 1 N–H and O–H groups in total. The molecule has 0 radical (unpaired) electrons. The molecule has 9 nitrogen and oxygen atoms in total. The normalized spacial score (nSPS) is 17.0. The fourth-order valence-electron chi connectivity index (χ4n) is 3.36. The van der Waals surface area contributed by atoms with Crippen LogP contribution in [0.5, 0.6) is 0 Å². The van der Waals surface area contributed by atoms with Gasteiger partial charge < -0.3 is 9.80 Å². The molecular weight excluding hydrogens is 344 g/mol. The maximum absolute atomic E-state index is 12.8. The summed E-state index contributed by atoms with van der Waals surface area (Å²) in [6.07, 6.45) is 4.25. The van der Waals surface area contributed by atoms with E-state index < -0.39 is 0 Å². The number of imidazole rings is 1. The van der Waals surface area contributed by atoms with Crippen molar-refractivity contribution in [1.82, 2.24) is 29.5 Å². The molecule has 1 atom stereocenters. The van der Waals surface area contributed by atoms with E-state index in [4.69, 9.17) is 5.10 Å². The van der Waals surface area contributed by atoms with Gasteiger partial charge in [0.05, 0.1) is 5.69 Å². The summed E-state index contributed by atoms with van der Waals surface area (Å²) in [5.74, 6) is 0.763. The summed E-state index contributed by atoms with van der Waals surface area (Å²) in [7, 11) is 4.19. The predicted octanol–water partition coefficient (Wildman–Crippen LogP) is 1.22. The Morgan fingerprint density at radius 3 is 2.74 bits per heavy atom. The van der Waals surface area contributed by atoms with Crippen molar-refractivity contribution < 1.29 is 4.79 Å². The van der Waals surface area contributed by atoms with Gasteiger partial charge in [-0.3, -0.25) is 10.1 Å². The Morgan fingerprint density at radius 1 is 1.26 bits per heavy atom. The van der Waals surface area contributed by atoms with Crippen molar-refractivity contribution in [2.75, 3.05) is 37.4 Å². The molecule has 0 aliphatic carbocycles. The van der Waals surface area contributed by atoms with Crippen molar-refractivity contribution >= 4 is 23.3 Å². The molecule has 9 heteroatoms. The first-order valence-corrected chi connectivity index (χ1v) is 8.89. The van der Waals surface area contributed by atoms with Crippen molar-refractivity contribution in [2.24, 2.45) is 0 Å². The Kier molecular flexibility index (Phi) is 4.44. The number of aromatic nitrogens is 5. The summed E-state index contributed by atoms with van der Waals surface area (Å²) in [4.78, 5) is 29.8. The first-order valence-electron chi connectivity index (χ1n) is 8.89. The number of amides is 1. The lowest BCUT2D eigenvalue weighted by atomic mass is 10.2. The predicted molar refractivity (Wildman–Crippen MR) is 102 cm³/mol. The second kappa shape index (κ2) is 6.92. The molecule has 4 heterocycles. The number of hydrogen-bond acceptors (Lipinski definition) is 7. The molecule has 1 saturated heterocycles. The number of anilines is 2. The van der Waals surface area contributed by atoms with Crippen molar-refractivity contribution in [2.45, 2.75) is 19.4 Å². The van der Waals surface area contributed by atoms with Gasteiger partial charge in [0, 0.05) is 31.5 Å². The molecule has 27 heavy (non-hydrogen) atoms. The van der Waals surface area contributed by atoms with Crippen LogP contribution in [0.15, 0.2) is 30.6 Å². The Balaban J connectivity index is 1.65. The molecule has 3 aromatic heterocycles. The standard InChI is InChI=1S/C18H22N8O/c1-12-16(17(27)22-18-19-8-4-9-20-18)26-14(21-12)5-6-15(23-26)25-10-7-13(11-25)24(2)3/h4-6,8-9,13H,7,10-11H2,1-3H3,(H,19,20,22,27). The van der Waals surface area contributed by atoms with Gasteiger partial charge in [-0.05, 0) is 45.6 Å². The molecule has 3 aromatic rings. The summed E-state index contributed by atoms with van der Waals surface area (Å²) in [5.41, 5.74) is 1.64. The van der Waals surface area contributed by atoms with Crippen LogP contribution in [0.2, 0.25) is 0 Å². The van der Waals surface area contributed by atoms with Gasteiger partial charge in [0.2, 0.25) is 5.95 Å². The van der Waals surface area contributed by atoms with Gasteiger partial charge in [-0.1, -0.05) is 0 Å². The summed E-state index contributed by atoms with van der Waals surface area (Å²) in [5, 5.41) is 7.40. The number of carbonyl (C=O) groups is 1. The second-order valence-corrected chi connectivity index (χ2v) is 6.89. The minimum absolute atomic E-state index is 0.251. The van der Waals surface area contributed by atoms with Gasteiger partial charge in [0.25, 0.3) is 5.91 Å². The summed E-state index contributed by atoms with van der Waals surface area (Å²) >= 11 is 0. The summed E-state index contributed by atoms with van der Waals surface area (Å²) < 4.78 is 1.60. The number of rotatable bonds is 4. The topological polar surface area (TPSA) is 91.5 Å². The lowest BCUT2D eigenvalue weighted by Crippen LogP contribution is -2.32. The van der Waals surface area contributed by atoms with E-state index in [0.717, 1.165) is 25.3 Å². The van der Waals surface area contributed by atoms with Crippen molar-refractivity contribution in [3.63, 3.8) is 0 Å². The van der Waals surface area contributed by atoms with Crippen LogP contribution in [0.3, 0.4) is 0 Å². The van der Waals surface area contributed by atoms with Gasteiger partial charge in [0.1, 0.15) is 5.82 Å². The van der Waals surface area contributed by atoms with Crippen molar-refractivity contribution in [1.29, 1.82) is 0 Å². The van der Waals surface area contributed by atoms with E-state index in [1.807, 2.05) is 12.1 Å². The lowest BCUT2D eigenvalue weighted by molar-refractivity contribution is 0.101. The number of fused-ring (bicyclic) bond motifs is 1. The number of likely N-dealkylation sites (N-methyl/N-ethyl adjacent to an activating group) is 1. The monoisotopic (exact) mass is 366 g/mol. The smallest absolute Gasteiger partial charge is 0.278 e. The highest BCUT2D eigenvalue weighted by molar-refractivity contribution is 6.03. The molecule has 1 aliphatic rings. The first-order chi connectivity index (χ1) is 13.0. The third-order valence-corrected chi connectivity index (χ3v) is 4.86. The molecule has 1 aliphatic heterocycles. The Labute approximate surface area is 157 Å². The van der Waals surface area contributed by atoms with Crippen molar-refractivity contribution in [3.8, 4) is 0 Å². The third-order valence-electron chi connectivity index (χ3n) is 4.86. The molecule has 0 saturated carbocycles. The molecule has 4 rings (SSSR count). The third kappa shape index (κ3) is 3.33. The molecule has 1 unspecified atom stereocenters. The van der Waals surface area contributed by atoms with Crippen LogP contribution in [-0.2, 0) is 0 Å². The van der Waals surface area contributed by atoms with Crippen LogP contribution in [-0.4, -0.2) is 68.6 Å².